The molecule has 1 amide bonds. The highest BCUT2D eigenvalue weighted by Crippen LogP contribution is 2.21. The minimum atomic E-state index is -0.512. The molecule has 2 heterocycles. The van der Waals surface area contributed by atoms with Gasteiger partial charge in [0.05, 0.1) is 23.4 Å². The Morgan fingerprint density at radius 3 is 2.81 bits per heavy atom. The number of carbonyl (C=O) groups excluding carboxylic acids is 1. The van der Waals surface area contributed by atoms with Gasteiger partial charge in [-0.1, -0.05) is 12.1 Å². The average Bonchev–Trinajstić information content (AvgIpc) is 3.15. The van der Waals surface area contributed by atoms with Crippen LogP contribution in [-0.2, 0) is 17.9 Å². The average molecular weight is 354 g/mol. The van der Waals surface area contributed by atoms with Gasteiger partial charge in [-0.2, -0.15) is 5.10 Å². The van der Waals surface area contributed by atoms with Crippen LogP contribution in [0.25, 0.3) is 11.3 Å². The quantitative estimate of drug-likeness (QED) is 0.531. The Balaban J connectivity index is 1.77. The van der Waals surface area contributed by atoms with Crippen LogP contribution in [0.15, 0.2) is 64.0 Å². The fourth-order valence-electron chi connectivity index (χ4n) is 2.29. The van der Waals surface area contributed by atoms with Gasteiger partial charge >= 0.3 is 0 Å². The van der Waals surface area contributed by atoms with Crippen LogP contribution in [0.3, 0.4) is 0 Å². The molecule has 3 aromatic rings. The van der Waals surface area contributed by atoms with Crippen molar-refractivity contribution in [2.75, 3.05) is 0 Å². The van der Waals surface area contributed by atoms with Gasteiger partial charge in [0, 0.05) is 23.8 Å². The lowest BCUT2D eigenvalue weighted by Crippen LogP contribution is -2.33. The monoisotopic (exact) mass is 354 g/mol. The molecular formula is C17H14N4O5. The smallest absolute Gasteiger partial charge is 0.270 e. The summed E-state index contributed by atoms with van der Waals surface area (Å²) in [6.07, 6.45) is 1.50. The molecule has 0 atom stereocenters. The maximum absolute atomic E-state index is 12.0. The van der Waals surface area contributed by atoms with E-state index in [4.69, 9.17) is 4.42 Å². The lowest BCUT2D eigenvalue weighted by Gasteiger charge is -2.07. The van der Waals surface area contributed by atoms with Crippen molar-refractivity contribution >= 4 is 11.6 Å². The van der Waals surface area contributed by atoms with E-state index >= 15 is 0 Å². The zero-order valence-electron chi connectivity index (χ0n) is 13.5. The predicted molar refractivity (Wildman–Crippen MR) is 91.1 cm³/mol. The third-order valence-corrected chi connectivity index (χ3v) is 3.55. The third-order valence-electron chi connectivity index (χ3n) is 3.55. The number of benzene rings is 1. The molecule has 0 aliphatic carbocycles. The van der Waals surface area contributed by atoms with E-state index < -0.39 is 16.4 Å². The molecule has 0 aliphatic rings. The SMILES string of the molecule is O=C(Cn1nc(-c2cccc([N+](=O)[O-])c2)ccc1=O)NCc1ccco1. The lowest BCUT2D eigenvalue weighted by molar-refractivity contribution is -0.384. The van der Waals surface area contributed by atoms with E-state index in [0.29, 0.717) is 17.0 Å². The van der Waals surface area contributed by atoms with E-state index in [1.807, 2.05) is 0 Å². The molecule has 0 saturated carbocycles. The Labute approximate surface area is 147 Å². The maximum Gasteiger partial charge on any atom is 0.270 e. The number of nitrogens with zero attached hydrogens (tertiary/aromatic N) is 3. The number of furan rings is 1. The highest BCUT2D eigenvalue weighted by molar-refractivity contribution is 5.75. The summed E-state index contributed by atoms with van der Waals surface area (Å²) in [6.45, 7) is -0.0759. The van der Waals surface area contributed by atoms with Crippen molar-refractivity contribution in [3.63, 3.8) is 0 Å². The molecular weight excluding hydrogens is 340 g/mol. The fraction of sp³-hybridized carbons (Fsp3) is 0.118. The number of aromatic nitrogens is 2. The molecule has 0 fully saturated rings. The maximum atomic E-state index is 12.0. The molecule has 1 aromatic carbocycles. The summed E-state index contributed by atoms with van der Waals surface area (Å²) >= 11 is 0. The molecule has 0 radical (unpaired) electrons. The van der Waals surface area contributed by atoms with Crippen molar-refractivity contribution in [3.8, 4) is 11.3 Å². The van der Waals surface area contributed by atoms with E-state index in [0.717, 1.165) is 4.68 Å². The normalized spacial score (nSPS) is 10.5. The summed E-state index contributed by atoms with van der Waals surface area (Å²) in [7, 11) is 0. The highest BCUT2D eigenvalue weighted by atomic mass is 16.6. The number of rotatable bonds is 6. The van der Waals surface area contributed by atoms with Crippen LogP contribution in [0.4, 0.5) is 5.69 Å². The fourth-order valence-corrected chi connectivity index (χ4v) is 2.29. The number of non-ortho nitro benzene ring substituents is 1. The first-order valence-electron chi connectivity index (χ1n) is 7.65. The standard InChI is InChI=1S/C17H14N4O5/c22-16(18-10-14-5-2-8-26-14)11-20-17(23)7-6-15(19-20)12-3-1-4-13(9-12)21(24)25/h1-9H,10-11H2,(H,18,22). The largest absolute Gasteiger partial charge is 0.467 e. The number of hydrogen-bond donors (Lipinski definition) is 1. The molecule has 0 spiro atoms. The van der Waals surface area contributed by atoms with Gasteiger partial charge < -0.3 is 9.73 Å². The molecule has 0 unspecified atom stereocenters. The Kier molecular flexibility index (Phi) is 4.88. The van der Waals surface area contributed by atoms with Crippen molar-refractivity contribution < 1.29 is 14.1 Å². The molecule has 3 rings (SSSR count). The van der Waals surface area contributed by atoms with Gasteiger partial charge in [-0.15, -0.1) is 0 Å². The predicted octanol–water partition coefficient (Wildman–Crippen LogP) is 1.73. The molecule has 9 heteroatoms. The third kappa shape index (κ3) is 4.01. The first-order chi connectivity index (χ1) is 12.5. The second kappa shape index (κ2) is 7.43. The van der Waals surface area contributed by atoms with Crippen LogP contribution >= 0.6 is 0 Å². The van der Waals surface area contributed by atoms with Gasteiger partial charge in [0.25, 0.3) is 11.2 Å². The number of nitrogens with one attached hydrogen (secondary N) is 1. The first kappa shape index (κ1) is 17.1. The Hall–Kier alpha value is -3.75. The van der Waals surface area contributed by atoms with Crippen LogP contribution < -0.4 is 10.9 Å². The van der Waals surface area contributed by atoms with Gasteiger partial charge in [0.1, 0.15) is 12.3 Å². The van der Waals surface area contributed by atoms with Crippen molar-refractivity contribution in [1.82, 2.24) is 15.1 Å². The molecule has 26 heavy (non-hydrogen) atoms. The van der Waals surface area contributed by atoms with Crippen molar-refractivity contribution in [2.24, 2.45) is 0 Å². The van der Waals surface area contributed by atoms with E-state index in [1.54, 1.807) is 18.2 Å². The van der Waals surface area contributed by atoms with Crippen molar-refractivity contribution in [3.05, 3.63) is 81.0 Å². The van der Waals surface area contributed by atoms with Gasteiger partial charge in [0.15, 0.2) is 0 Å². The van der Waals surface area contributed by atoms with E-state index in [2.05, 4.69) is 10.4 Å². The molecule has 1 N–H and O–H groups in total. The van der Waals surface area contributed by atoms with Gasteiger partial charge in [-0.05, 0) is 18.2 Å². The molecule has 132 valence electrons. The number of amides is 1. The summed E-state index contributed by atoms with van der Waals surface area (Å²) in [4.78, 5) is 34.3. The minimum absolute atomic E-state index is 0.0850. The zero-order chi connectivity index (χ0) is 18.5. The number of nitro benzene ring substituents is 1. The van der Waals surface area contributed by atoms with E-state index in [-0.39, 0.29) is 18.8 Å². The molecule has 9 nitrogen and oxygen atoms in total. The topological polar surface area (TPSA) is 120 Å². The van der Waals surface area contributed by atoms with Gasteiger partial charge in [0.2, 0.25) is 5.91 Å². The summed E-state index contributed by atoms with van der Waals surface area (Å²) < 4.78 is 6.12. The zero-order valence-corrected chi connectivity index (χ0v) is 13.5. The Bertz CT molecular complexity index is 994. The summed E-state index contributed by atoms with van der Waals surface area (Å²) in [6, 6.07) is 12.0. The lowest BCUT2D eigenvalue weighted by atomic mass is 10.1. The van der Waals surface area contributed by atoms with Gasteiger partial charge in [-0.25, -0.2) is 4.68 Å². The van der Waals surface area contributed by atoms with Crippen LogP contribution in [0.5, 0.6) is 0 Å². The first-order valence-corrected chi connectivity index (χ1v) is 7.65. The number of hydrogen-bond acceptors (Lipinski definition) is 6. The highest BCUT2D eigenvalue weighted by Gasteiger charge is 2.11. The van der Waals surface area contributed by atoms with Crippen LogP contribution in [0.1, 0.15) is 5.76 Å². The number of nitro groups is 1. The Morgan fingerprint density at radius 2 is 2.08 bits per heavy atom. The van der Waals surface area contributed by atoms with Crippen molar-refractivity contribution in [2.45, 2.75) is 13.1 Å². The van der Waals surface area contributed by atoms with Crippen LogP contribution in [0.2, 0.25) is 0 Å². The van der Waals surface area contributed by atoms with Crippen molar-refractivity contribution in [1.29, 1.82) is 0 Å². The second-order valence-electron chi connectivity index (χ2n) is 5.38. The molecule has 2 aromatic heterocycles. The summed E-state index contributed by atoms with van der Waals surface area (Å²) in [5, 5.41) is 17.6. The van der Waals surface area contributed by atoms with Crippen LogP contribution in [0, 0.1) is 10.1 Å². The minimum Gasteiger partial charge on any atom is -0.467 e. The van der Waals surface area contributed by atoms with Crippen LogP contribution in [-0.4, -0.2) is 20.6 Å². The second-order valence-corrected chi connectivity index (χ2v) is 5.38. The van der Waals surface area contributed by atoms with E-state index in [9.17, 15) is 19.7 Å². The molecule has 0 saturated heterocycles. The van der Waals surface area contributed by atoms with Gasteiger partial charge in [-0.3, -0.25) is 19.7 Å². The molecule has 0 bridgehead atoms. The van der Waals surface area contributed by atoms with E-state index in [1.165, 1.54) is 36.6 Å². The Morgan fingerprint density at radius 1 is 1.23 bits per heavy atom. The number of carbonyl (C=O) groups is 1. The summed E-state index contributed by atoms with van der Waals surface area (Å²) in [5.41, 5.74) is 0.293. The summed E-state index contributed by atoms with van der Waals surface area (Å²) in [5.74, 6) is 0.177. The molecule has 0 aliphatic heterocycles.